The Morgan fingerprint density at radius 3 is 1.67 bits per heavy atom. The van der Waals surface area contributed by atoms with Crippen LogP contribution >= 0.6 is 13.5 Å². The fraction of sp³-hybridized carbons (Fsp3) is 1.00. The van der Waals surface area contributed by atoms with E-state index in [9.17, 15) is 0 Å². The van der Waals surface area contributed by atoms with Crippen molar-refractivity contribution < 1.29 is 22.2 Å². The molecular weight excluding hydrogens is 150 g/mol. The molecule has 2 nitrogen and oxygen atoms in total. The van der Waals surface area contributed by atoms with Gasteiger partial charge < -0.3 is 10.8 Å². The van der Waals surface area contributed by atoms with Gasteiger partial charge in [-0.3, -0.25) is 0 Å². The molecule has 0 unspecified atom stereocenters. The topological polar surface area (TPSA) is 46.2 Å². The Kier molecular flexibility index (Phi) is 45.1. The Labute approximate surface area is 55.0 Å². The minimum Gasteiger partial charge on any atom is -0.395 e. The molecule has 0 aliphatic carbocycles. The number of nitrogens with two attached hydrogens (primary N) is 1. The van der Waals surface area contributed by atoms with Gasteiger partial charge in [0.25, 0.3) is 0 Å². The fourth-order valence-electron chi connectivity index (χ4n) is 0. The van der Waals surface area contributed by atoms with Crippen molar-refractivity contribution in [2.24, 2.45) is 5.73 Å². The molecule has 0 aromatic rings. The van der Waals surface area contributed by atoms with Gasteiger partial charge >= 0.3 is 0 Å². The normalized spacial score (nSPS) is 5.00. The first-order chi connectivity index (χ1) is 1.91. The summed E-state index contributed by atoms with van der Waals surface area (Å²) in [5.74, 6) is 0. The van der Waals surface area contributed by atoms with Gasteiger partial charge in [0.1, 0.15) is 0 Å². The standard InChI is InChI=1S/C2H7NO.Cu.H2S/c3-1-2-4;;/h4H,1-3H2;;1H2. The summed E-state index contributed by atoms with van der Waals surface area (Å²) in [7, 11) is 0. The molecule has 0 saturated heterocycles. The van der Waals surface area contributed by atoms with Gasteiger partial charge in [0, 0.05) is 23.6 Å². The molecule has 0 aromatic carbocycles. The molecule has 0 rings (SSSR count). The van der Waals surface area contributed by atoms with Crippen LogP contribution in [0, 0.1) is 0 Å². The number of aliphatic hydroxyl groups is 1. The third kappa shape index (κ3) is 21.5. The van der Waals surface area contributed by atoms with Crippen molar-refractivity contribution in [2.45, 2.75) is 0 Å². The summed E-state index contributed by atoms with van der Waals surface area (Å²) in [6, 6.07) is 0. The van der Waals surface area contributed by atoms with Crippen molar-refractivity contribution >= 4 is 13.5 Å². The van der Waals surface area contributed by atoms with Crippen molar-refractivity contribution in [3.05, 3.63) is 0 Å². The fourth-order valence-corrected chi connectivity index (χ4v) is 0. The van der Waals surface area contributed by atoms with Crippen LogP contribution in [0.2, 0.25) is 0 Å². The van der Waals surface area contributed by atoms with Crippen LogP contribution in [-0.2, 0) is 17.1 Å². The Bertz CT molecular complexity index is 15.5. The van der Waals surface area contributed by atoms with E-state index in [-0.39, 0.29) is 37.2 Å². The van der Waals surface area contributed by atoms with Gasteiger partial charge in [-0.05, 0) is 0 Å². The maximum absolute atomic E-state index is 7.75. The minimum absolute atomic E-state index is 0. The quantitative estimate of drug-likeness (QED) is 0.484. The van der Waals surface area contributed by atoms with Gasteiger partial charge in [-0.2, -0.15) is 13.5 Å². The molecular formula is C2H9CuNOS. The number of hydrogen-bond acceptors (Lipinski definition) is 2. The summed E-state index contributed by atoms with van der Waals surface area (Å²) >= 11 is 0. The smallest absolute Gasteiger partial charge is 0.0553 e. The minimum atomic E-state index is 0. The van der Waals surface area contributed by atoms with Crippen molar-refractivity contribution in [1.29, 1.82) is 0 Å². The van der Waals surface area contributed by atoms with Crippen molar-refractivity contribution in [3.63, 3.8) is 0 Å². The average Bonchev–Trinajstić information content (AvgIpc) is 1.37. The summed E-state index contributed by atoms with van der Waals surface area (Å²) in [5.41, 5.74) is 4.78. The van der Waals surface area contributed by atoms with E-state index in [1.54, 1.807) is 0 Å². The van der Waals surface area contributed by atoms with Gasteiger partial charge in [0.2, 0.25) is 0 Å². The molecule has 45 valence electrons. The Morgan fingerprint density at radius 1 is 1.50 bits per heavy atom. The summed E-state index contributed by atoms with van der Waals surface area (Å²) in [4.78, 5) is 0. The Morgan fingerprint density at radius 2 is 1.67 bits per heavy atom. The van der Waals surface area contributed by atoms with Crippen LogP contribution in [0.3, 0.4) is 0 Å². The van der Waals surface area contributed by atoms with Crippen molar-refractivity contribution in [2.75, 3.05) is 13.2 Å². The average molecular weight is 159 g/mol. The first kappa shape index (κ1) is 15.8. The van der Waals surface area contributed by atoms with Crippen LogP contribution in [0.15, 0.2) is 0 Å². The van der Waals surface area contributed by atoms with E-state index >= 15 is 0 Å². The van der Waals surface area contributed by atoms with Crippen LogP contribution in [-0.4, -0.2) is 18.3 Å². The monoisotopic (exact) mass is 158 g/mol. The summed E-state index contributed by atoms with van der Waals surface area (Å²) < 4.78 is 0. The van der Waals surface area contributed by atoms with Crippen molar-refractivity contribution in [3.8, 4) is 0 Å². The van der Waals surface area contributed by atoms with E-state index in [1.807, 2.05) is 0 Å². The molecule has 0 saturated carbocycles. The number of aliphatic hydroxyl groups excluding tert-OH is 1. The van der Waals surface area contributed by atoms with E-state index in [0.717, 1.165) is 0 Å². The van der Waals surface area contributed by atoms with E-state index < -0.39 is 0 Å². The van der Waals surface area contributed by atoms with Gasteiger partial charge in [-0.1, -0.05) is 0 Å². The molecule has 0 fully saturated rings. The summed E-state index contributed by atoms with van der Waals surface area (Å²) in [6.07, 6.45) is 0. The van der Waals surface area contributed by atoms with Gasteiger partial charge in [-0.25, -0.2) is 0 Å². The predicted octanol–water partition coefficient (Wildman–Crippen LogP) is -0.952. The molecule has 0 aromatic heterocycles. The molecule has 0 amide bonds. The second kappa shape index (κ2) is 17.1. The van der Waals surface area contributed by atoms with Crippen LogP contribution in [0.5, 0.6) is 0 Å². The number of rotatable bonds is 1. The second-order valence-corrected chi connectivity index (χ2v) is 0.512. The van der Waals surface area contributed by atoms with Gasteiger partial charge in [-0.15, -0.1) is 0 Å². The van der Waals surface area contributed by atoms with Crippen LogP contribution in [0.25, 0.3) is 0 Å². The molecule has 1 radical (unpaired) electrons. The Hall–Kier alpha value is 0.789. The summed E-state index contributed by atoms with van der Waals surface area (Å²) in [6.45, 7) is 0.472. The first-order valence-electron chi connectivity index (χ1n) is 1.22. The van der Waals surface area contributed by atoms with E-state index in [0.29, 0.717) is 6.54 Å². The van der Waals surface area contributed by atoms with Crippen LogP contribution < -0.4 is 5.73 Å². The molecule has 3 N–H and O–H groups in total. The maximum Gasteiger partial charge on any atom is 0.0553 e. The zero-order chi connectivity index (χ0) is 3.41. The van der Waals surface area contributed by atoms with E-state index in [1.165, 1.54) is 0 Å². The van der Waals surface area contributed by atoms with Crippen molar-refractivity contribution in [1.82, 2.24) is 0 Å². The molecule has 0 aliphatic heterocycles. The molecule has 0 bridgehead atoms. The molecule has 4 heteroatoms. The SMILES string of the molecule is NCCO.S.[Cu]. The van der Waals surface area contributed by atoms with Crippen LogP contribution in [0.1, 0.15) is 0 Å². The molecule has 0 heterocycles. The van der Waals surface area contributed by atoms with E-state index in [2.05, 4.69) is 0 Å². The van der Waals surface area contributed by atoms with Gasteiger partial charge in [0.05, 0.1) is 6.61 Å². The third-order valence-electron chi connectivity index (χ3n) is 0.129. The molecule has 0 spiro atoms. The zero-order valence-corrected chi connectivity index (χ0v) is 5.18. The zero-order valence-electron chi connectivity index (χ0n) is 3.24. The number of hydrogen-bond donors (Lipinski definition) is 2. The van der Waals surface area contributed by atoms with Crippen LogP contribution in [0.4, 0.5) is 0 Å². The van der Waals surface area contributed by atoms with E-state index in [4.69, 9.17) is 10.8 Å². The Balaban J connectivity index is -0.0000000450. The molecule has 6 heavy (non-hydrogen) atoms. The first-order valence-corrected chi connectivity index (χ1v) is 1.22. The van der Waals surface area contributed by atoms with Gasteiger partial charge in [0.15, 0.2) is 0 Å². The summed E-state index contributed by atoms with van der Waals surface area (Å²) in [5, 5.41) is 7.75. The second-order valence-electron chi connectivity index (χ2n) is 0.512. The predicted molar refractivity (Wildman–Crippen MR) is 26.5 cm³/mol. The third-order valence-corrected chi connectivity index (χ3v) is 0.129. The molecule has 0 aliphatic rings. The molecule has 0 atom stereocenters. The maximum atomic E-state index is 7.75. The largest absolute Gasteiger partial charge is 0.395 e.